The second-order valence-corrected chi connectivity index (χ2v) is 7.22. The molecule has 0 aliphatic carbocycles. The van der Waals surface area contributed by atoms with Gasteiger partial charge in [0.15, 0.2) is 16.8 Å². The number of para-hydroxylation sites is 2. The van der Waals surface area contributed by atoms with Gasteiger partial charge in [-0.25, -0.2) is 15.0 Å². The minimum absolute atomic E-state index is 0.458. The molecule has 0 bridgehead atoms. The molecule has 0 amide bonds. The standard InChI is InChI=1S/C20H20N6S/c1-3-13-8-4-5-9-14(13)24-18-16(21)19(23-11-22-18)26-20-25-17-12(2)7-6-10-15(17)27-20/h4-11H,3,21H2,1-2H3,(H2,22,23,24,25,26). The summed E-state index contributed by atoms with van der Waals surface area (Å²) < 4.78 is 1.13. The first-order valence-electron chi connectivity index (χ1n) is 8.74. The second-order valence-electron chi connectivity index (χ2n) is 6.19. The maximum atomic E-state index is 6.32. The van der Waals surface area contributed by atoms with Crippen molar-refractivity contribution in [2.45, 2.75) is 20.3 Å². The Labute approximate surface area is 161 Å². The predicted molar refractivity (Wildman–Crippen MR) is 113 cm³/mol. The fourth-order valence-corrected chi connectivity index (χ4v) is 3.86. The van der Waals surface area contributed by atoms with Crippen molar-refractivity contribution in [2.24, 2.45) is 0 Å². The lowest BCUT2D eigenvalue weighted by atomic mass is 10.1. The molecule has 0 saturated heterocycles. The molecule has 0 spiro atoms. The third-order valence-electron chi connectivity index (χ3n) is 4.38. The topological polar surface area (TPSA) is 88.8 Å². The monoisotopic (exact) mass is 376 g/mol. The summed E-state index contributed by atoms with van der Waals surface area (Å²) in [6.45, 7) is 4.17. The predicted octanol–water partition coefficient (Wildman–Crippen LogP) is 5.03. The van der Waals surface area contributed by atoms with Crippen molar-refractivity contribution in [1.29, 1.82) is 0 Å². The molecule has 4 rings (SSSR count). The molecule has 0 aliphatic rings. The van der Waals surface area contributed by atoms with Crippen LogP contribution < -0.4 is 16.4 Å². The van der Waals surface area contributed by atoms with Gasteiger partial charge < -0.3 is 16.4 Å². The SMILES string of the molecule is CCc1ccccc1Nc1ncnc(Nc2nc3c(C)cccc3s2)c1N. The molecule has 4 N–H and O–H groups in total. The molecule has 2 heterocycles. The van der Waals surface area contributed by atoms with Crippen LogP contribution in [0, 0.1) is 6.92 Å². The lowest BCUT2D eigenvalue weighted by Gasteiger charge is -2.13. The van der Waals surface area contributed by atoms with Crippen LogP contribution in [0.3, 0.4) is 0 Å². The molecule has 0 atom stereocenters. The van der Waals surface area contributed by atoms with Crippen molar-refractivity contribution in [1.82, 2.24) is 15.0 Å². The van der Waals surface area contributed by atoms with E-state index in [1.54, 1.807) is 11.3 Å². The first-order chi connectivity index (χ1) is 13.2. The summed E-state index contributed by atoms with van der Waals surface area (Å²) in [5.41, 5.74) is 11.1. The summed E-state index contributed by atoms with van der Waals surface area (Å²) in [5.74, 6) is 1.11. The highest BCUT2D eigenvalue weighted by Crippen LogP contribution is 2.33. The number of hydrogen-bond acceptors (Lipinski definition) is 7. The van der Waals surface area contributed by atoms with E-state index < -0.39 is 0 Å². The Morgan fingerprint density at radius 2 is 1.78 bits per heavy atom. The summed E-state index contributed by atoms with van der Waals surface area (Å²) in [6.07, 6.45) is 2.42. The highest BCUT2D eigenvalue weighted by atomic mass is 32.1. The average Bonchev–Trinajstić information content (AvgIpc) is 3.09. The van der Waals surface area contributed by atoms with Crippen LogP contribution in [0.4, 0.5) is 28.1 Å². The molecule has 0 fully saturated rings. The van der Waals surface area contributed by atoms with Crippen LogP contribution in [-0.4, -0.2) is 15.0 Å². The Bertz CT molecular complexity index is 1100. The van der Waals surface area contributed by atoms with E-state index >= 15 is 0 Å². The lowest BCUT2D eigenvalue weighted by Crippen LogP contribution is -2.06. The fourth-order valence-electron chi connectivity index (χ4n) is 2.91. The second kappa shape index (κ2) is 7.20. The summed E-state index contributed by atoms with van der Waals surface area (Å²) in [6, 6.07) is 14.3. The lowest BCUT2D eigenvalue weighted by molar-refractivity contribution is 1.13. The molecule has 0 aliphatic heterocycles. The Hall–Kier alpha value is -3.19. The highest BCUT2D eigenvalue weighted by molar-refractivity contribution is 7.22. The minimum Gasteiger partial charge on any atom is -0.393 e. The largest absolute Gasteiger partial charge is 0.393 e. The van der Waals surface area contributed by atoms with Crippen molar-refractivity contribution in [3.63, 3.8) is 0 Å². The molecule has 0 unspecified atom stereocenters. The molecule has 2 aromatic carbocycles. The Balaban J connectivity index is 1.64. The molecule has 136 valence electrons. The van der Waals surface area contributed by atoms with E-state index in [1.165, 1.54) is 11.9 Å². The minimum atomic E-state index is 0.458. The van der Waals surface area contributed by atoms with Gasteiger partial charge in [0.1, 0.15) is 12.0 Å². The third-order valence-corrected chi connectivity index (χ3v) is 5.32. The van der Waals surface area contributed by atoms with E-state index in [4.69, 9.17) is 5.73 Å². The maximum absolute atomic E-state index is 6.32. The van der Waals surface area contributed by atoms with Crippen LogP contribution in [0.15, 0.2) is 48.8 Å². The molecular formula is C20H20N6S. The number of hydrogen-bond donors (Lipinski definition) is 3. The van der Waals surface area contributed by atoms with E-state index in [9.17, 15) is 0 Å². The fraction of sp³-hybridized carbons (Fsp3) is 0.150. The summed E-state index contributed by atoms with van der Waals surface area (Å²) in [7, 11) is 0. The smallest absolute Gasteiger partial charge is 0.189 e. The first-order valence-corrected chi connectivity index (χ1v) is 9.56. The van der Waals surface area contributed by atoms with Gasteiger partial charge in [0, 0.05) is 5.69 Å². The van der Waals surface area contributed by atoms with Gasteiger partial charge in [-0.3, -0.25) is 0 Å². The molecule has 7 heteroatoms. The number of benzene rings is 2. The van der Waals surface area contributed by atoms with E-state index in [-0.39, 0.29) is 0 Å². The Morgan fingerprint density at radius 1 is 1.00 bits per heavy atom. The van der Waals surface area contributed by atoms with Crippen molar-refractivity contribution in [3.05, 3.63) is 59.9 Å². The third kappa shape index (κ3) is 3.41. The Kier molecular flexibility index (Phi) is 4.60. The number of nitrogen functional groups attached to an aromatic ring is 1. The number of aromatic nitrogens is 3. The number of rotatable bonds is 5. The van der Waals surface area contributed by atoms with E-state index in [2.05, 4.69) is 57.6 Å². The molecule has 0 radical (unpaired) electrons. The van der Waals surface area contributed by atoms with Crippen LogP contribution in [0.1, 0.15) is 18.1 Å². The summed E-state index contributed by atoms with van der Waals surface area (Å²) in [5, 5.41) is 7.31. The van der Waals surface area contributed by atoms with Crippen LogP contribution in [0.5, 0.6) is 0 Å². The normalized spacial score (nSPS) is 10.9. The Morgan fingerprint density at radius 3 is 2.56 bits per heavy atom. The number of fused-ring (bicyclic) bond motifs is 1. The number of nitrogens with zero attached hydrogens (tertiary/aromatic N) is 3. The first kappa shape index (κ1) is 17.2. The van der Waals surface area contributed by atoms with Crippen LogP contribution in [0.25, 0.3) is 10.2 Å². The molecule has 27 heavy (non-hydrogen) atoms. The quantitative estimate of drug-likeness (QED) is 0.453. The van der Waals surface area contributed by atoms with Gasteiger partial charge >= 0.3 is 0 Å². The van der Waals surface area contributed by atoms with Crippen LogP contribution in [0.2, 0.25) is 0 Å². The van der Waals surface area contributed by atoms with Crippen LogP contribution in [-0.2, 0) is 6.42 Å². The number of aryl methyl sites for hydroxylation is 2. The van der Waals surface area contributed by atoms with Crippen molar-refractivity contribution < 1.29 is 0 Å². The zero-order valence-electron chi connectivity index (χ0n) is 15.2. The van der Waals surface area contributed by atoms with E-state index in [1.807, 2.05) is 24.3 Å². The van der Waals surface area contributed by atoms with Gasteiger partial charge in [-0.2, -0.15) is 0 Å². The van der Waals surface area contributed by atoms with Crippen molar-refractivity contribution >= 4 is 49.7 Å². The van der Waals surface area contributed by atoms with Crippen molar-refractivity contribution in [2.75, 3.05) is 16.4 Å². The van der Waals surface area contributed by atoms with Gasteiger partial charge in [-0.15, -0.1) is 0 Å². The van der Waals surface area contributed by atoms with Gasteiger partial charge in [-0.1, -0.05) is 48.6 Å². The van der Waals surface area contributed by atoms with Crippen molar-refractivity contribution in [3.8, 4) is 0 Å². The average molecular weight is 376 g/mol. The van der Waals surface area contributed by atoms with Gasteiger partial charge in [0.2, 0.25) is 0 Å². The summed E-state index contributed by atoms with van der Waals surface area (Å²) in [4.78, 5) is 13.3. The molecule has 2 aromatic heterocycles. The summed E-state index contributed by atoms with van der Waals surface area (Å²) >= 11 is 1.57. The number of nitrogens with one attached hydrogen (secondary N) is 2. The highest BCUT2D eigenvalue weighted by Gasteiger charge is 2.12. The van der Waals surface area contributed by atoms with E-state index in [0.29, 0.717) is 17.3 Å². The number of nitrogens with two attached hydrogens (primary N) is 1. The van der Waals surface area contributed by atoms with Crippen LogP contribution >= 0.6 is 11.3 Å². The maximum Gasteiger partial charge on any atom is 0.189 e. The molecular weight excluding hydrogens is 356 g/mol. The zero-order valence-corrected chi connectivity index (χ0v) is 16.0. The van der Waals surface area contributed by atoms with E-state index in [0.717, 1.165) is 33.0 Å². The molecule has 0 saturated carbocycles. The van der Waals surface area contributed by atoms with Gasteiger partial charge in [-0.05, 0) is 36.6 Å². The number of anilines is 5. The number of thiazole rings is 1. The van der Waals surface area contributed by atoms with Gasteiger partial charge in [0.25, 0.3) is 0 Å². The zero-order chi connectivity index (χ0) is 18.8. The molecule has 6 nitrogen and oxygen atoms in total. The molecule has 4 aromatic rings. The van der Waals surface area contributed by atoms with Gasteiger partial charge in [0.05, 0.1) is 10.2 Å².